The Labute approximate surface area is 53.7 Å². The van der Waals surface area contributed by atoms with Gasteiger partial charge in [0.15, 0.2) is 0 Å². The van der Waals surface area contributed by atoms with Crippen LogP contribution in [0.15, 0.2) is 6.33 Å². The summed E-state index contributed by atoms with van der Waals surface area (Å²) in [6, 6.07) is 0.722. The normalized spacial score (nSPS) is 18.3. The number of aromatic nitrogens is 3. The third kappa shape index (κ3) is 0.724. The molecule has 2 rings (SSSR count). The van der Waals surface area contributed by atoms with Gasteiger partial charge in [-0.2, -0.15) is 0 Å². The first-order valence-electron chi connectivity index (χ1n) is 3.24. The lowest BCUT2D eigenvalue weighted by Crippen LogP contribution is -1.93. The minimum atomic E-state index is 0.722. The van der Waals surface area contributed by atoms with Crippen molar-refractivity contribution >= 4 is 0 Å². The Hall–Kier alpha value is -0.860. The zero-order chi connectivity index (χ0) is 6.27. The minimum absolute atomic E-state index is 0.722. The van der Waals surface area contributed by atoms with Crippen molar-refractivity contribution in [2.45, 2.75) is 25.8 Å². The molecule has 0 N–H and O–H groups in total. The van der Waals surface area contributed by atoms with Crippen LogP contribution in [0.25, 0.3) is 0 Å². The van der Waals surface area contributed by atoms with E-state index in [-0.39, 0.29) is 0 Å². The highest BCUT2D eigenvalue weighted by Crippen LogP contribution is 2.34. The van der Waals surface area contributed by atoms with Gasteiger partial charge in [-0.3, -0.25) is 0 Å². The molecule has 0 bridgehead atoms. The van der Waals surface area contributed by atoms with Crippen LogP contribution >= 0.6 is 0 Å². The Kier molecular flexibility index (Phi) is 0.860. The van der Waals surface area contributed by atoms with Gasteiger partial charge in [0, 0.05) is 6.04 Å². The smallest absolute Gasteiger partial charge is 0.129 e. The van der Waals surface area contributed by atoms with Crippen LogP contribution in [0.1, 0.15) is 24.7 Å². The Bertz CT molecular complexity index is 212. The van der Waals surface area contributed by atoms with Gasteiger partial charge in [-0.05, 0) is 19.8 Å². The zero-order valence-corrected chi connectivity index (χ0v) is 5.41. The van der Waals surface area contributed by atoms with Gasteiger partial charge in [-0.25, -0.2) is 0 Å². The average molecular weight is 123 g/mol. The molecule has 0 amide bonds. The number of rotatable bonds is 1. The number of hydrogen-bond donors (Lipinski definition) is 0. The second kappa shape index (κ2) is 1.56. The van der Waals surface area contributed by atoms with E-state index in [4.69, 9.17) is 0 Å². The maximum Gasteiger partial charge on any atom is 0.129 e. The van der Waals surface area contributed by atoms with Gasteiger partial charge in [0.1, 0.15) is 12.2 Å². The zero-order valence-electron chi connectivity index (χ0n) is 5.41. The van der Waals surface area contributed by atoms with Gasteiger partial charge in [0.25, 0.3) is 0 Å². The SMILES string of the molecule is Cc1nncn1C1CC1. The standard InChI is InChI=1S/C6H9N3/c1-5-8-7-4-9(5)6-2-3-6/h4,6H,2-3H2,1H3. The fourth-order valence-electron chi connectivity index (χ4n) is 1.01. The number of nitrogens with zero attached hydrogens (tertiary/aromatic N) is 3. The molecule has 0 saturated heterocycles. The Morgan fingerprint density at radius 2 is 2.44 bits per heavy atom. The molecule has 0 radical (unpaired) electrons. The van der Waals surface area contributed by atoms with E-state index in [0.29, 0.717) is 0 Å². The summed E-state index contributed by atoms with van der Waals surface area (Å²) in [4.78, 5) is 0. The lowest BCUT2D eigenvalue weighted by molar-refractivity contribution is 0.710. The minimum Gasteiger partial charge on any atom is -0.315 e. The summed E-state index contributed by atoms with van der Waals surface area (Å²) in [5.74, 6) is 1.04. The van der Waals surface area contributed by atoms with Crippen LogP contribution in [0.5, 0.6) is 0 Å². The molecule has 0 atom stereocenters. The largest absolute Gasteiger partial charge is 0.315 e. The molecule has 0 unspecified atom stereocenters. The van der Waals surface area contributed by atoms with E-state index >= 15 is 0 Å². The molecule has 0 spiro atoms. The monoisotopic (exact) mass is 123 g/mol. The van der Waals surface area contributed by atoms with Crippen LogP contribution in [0.3, 0.4) is 0 Å². The van der Waals surface area contributed by atoms with E-state index in [1.165, 1.54) is 12.8 Å². The highest BCUT2D eigenvalue weighted by molar-refractivity contribution is 4.91. The molecule has 1 aromatic heterocycles. The molecular weight excluding hydrogens is 114 g/mol. The van der Waals surface area contributed by atoms with Crippen molar-refractivity contribution in [1.82, 2.24) is 14.8 Å². The average Bonchev–Trinajstić information content (AvgIpc) is 2.58. The van der Waals surface area contributed by atoms with Gasteiger partial charge in [-0.15, -0.1) is 10.2 Å². The van der Waals surface area contributed by atoms with Crippen molar-refractivity contribution in [2.24, 2.45) is 0 Å². The second-order valence-corrected chi connectivity index (χ2v) is 2.52. The van der Waals surface area contributed by atoms with E-state index in [9.17, 15) is 0 Å². The Balaban J connectivity index is 2.35. The van der Waals surface area contributed by atoms with E-state index in [1.807, 2.05) is 13.3 Å². The molecule has 1 fully saturated rings. The summed E-state index contributed by atoms with van der Waals surface area (Å²) < 4.78 is 2.14. The summed E-state index contributed by atoms with van der Waals surface area (Å²) in [6.45, 7) is 1.99. The van der Waals surface area contributed by atoms with Crippen LogP contribution in [-0.4, -0.2) is 14.8 Å². The van der Waals surface area contributed by atoms with E-state index in [0.717, 1.165) is 11.9 Å². The third-order valence-electron chi connectivity index (χ3n) is 1.69. The van der Waals surface area contributed by atoms with Crippen molar-refractivity contribution in [3.05, 3.63) is 12.2 Å². The molecule has 48 valence electrons. The molecular formula is C6H9N3. The first-order chi connectivity index (χ1) is 4.38. The molecule has 3 nitrogen and oxygen atoms in total. The van der Waals surface area contributed by atoms with Crippen molar-refractivity contribution in [2.75, 3.05) is 0 Å². The number of aryl methyl sites for hydroxylation is 1. The molecule has 3 heteroatoms. The summed E-state index contributed by atoms with van der Waals surface area (Å²) >= 11 is 0. The highest BCUT2D eigenvalue weighted by atomic mass is 15.3. The second-order valence-electron chi connectivity index (χ2n) is 2.52. The predicted octanol–water partition coefficient (Wildman–Crippen LogP) is 0.921. The van der Waals surface area contributed by atoms with Crippen LogP contribution in [-0.2, 0) is 0 Å². The molecule has 0 aromatic carbocycles. The first-order valence-corrected chi connectivity index (χ1v) is 3.24. The fourth-order valence-corrected chi connectivity index (χ4v) is 1.01. The van der Waals surface area contributed by atoms with Crippen LogP contribution in [0.4, 0.5) is 0 Å². The van der Waals surface area contributed by atoms with Gasteiger partial charge in [0.05, 0.1) is 0 Å². The molecule has 1 saturated carbocycles. The van der Waals surface area contributed by atoms with Gasteiger partial charge in [-0.1, -0.05) is 0 Å². The topological polar surface area (TPSA) is 30.7 Å². The van der Waals surface area contributed by atoms with Gasteiger partial charge in [0.2, 0.25) is 0 Å². The molecule has 1 aliphatic carbocycles. The maximum absolute atomic E-state index is 3.89. The summed E-state index contributed by atoms with van der Waals surface area (Å²) in [6.07, 6.45) is 4.42. The molecule has 1 aliphatic rings. The van der Waals surface area contributed by atoms with Crippen LogP contribution < -0.4 is 0 Å². The first kappa shape index (κ1) is 4.97. The quantitative estimate of drug-likeness (QED) is 0.556. The highest BCUT2D eigenvalue weighted by Gasteiger charge is 2.24. The molecule has 9 heavy (non-hydrogen) atoms. The Morgan fingerprint density at radius 1 is 1.67 bits per heavy atom. The summed E-state index contributed by atoms with van der Waals surface area (Å²) in [7, 11) is 0. The summed E-state index contributed by atoms with van der Waals surface area (Å²) in [5.41, 5.74) is 0. The van der Waals surface area contributed by atoms with E-state index in [2.05, 4.69) is 14.8 Å². The third-order valence-corrected chi connectivity index (χ3v) is 1.69. The molecule has 1 heterocycles. The Morgan fingerprint density at radius 3 is 2.89 bits per heavy atom. The van der Waals surface area contributed by atoms with Gasteiger partial charge < -0.3 is 4.57 Å². The van der Waals surface area contributed by atoms with Gasteiger partial charge >= 0.3 is 0 Å². The summed E-state index contributed by atoms with van der Waals surface area (Å²) in [5, 5.41) is 7.69. The lowest BCUT2D eigenvalue weighted by Gasteiger charge is -1.96. The van der Waals surface area contributed by atoms with Crippen LogP contribution in [0.2, 0.25) is 0 Å². The van der Waals surface area contributed by atoms with E-state index in [1.54, 1.807) is 0 Å². The van der Waals surface area contributed by atoms with Crippen LogP contribution in [0, 0.1) is 6.92 Å². The van der Waals surface area contributed by atoms with Crippen molar-refractivity contribution in [3.8, 4) is 0 Å². The number of hydrogen-bond acceptors (Lipinski definition) is 2. The van der Waals surface area contributed by atoms with E-state index < -0.39 is 0 Å². The maximum atomic E-state index is 3.89. The van der Waals surface area contributed by atoms with Crippen molar-refractivity contribution < 1.29 is 0 Å². The predicted molar refractivity (Wildman–Crippen MR) is 33.0 cm³/mol. The fraction of sp³-hybridized carbons (Fsp3) is 0.667. The van der Waals surface area contributed by atoms with Crippen molar-refractivity contribution in [3.63, 3.8) is 0 Å². The van der Waals surface area contributed by atoms with Crippen molar-refractivity contribution in [1.29, 1.82) is 0 Å². The lowest BCUT2D eigenvalue weighted by atomic mass is 10.6. The molecule has 1 aromatic rings. The molecule has 0 aliphatic heterocycles.